The van der Waals surface area contributed by atoms with E-state index in [4.69, 9.17) is 0 Å². The molecule has 1 heteroatoms. The lowest BCUT2D eigenvalue weighted by Gasteiger charge is -2.36. The Bertz CT molecular complexity index is 176. The summed E-state index contributed by atoms with van der Waals surface area (Å²) in [6.45, 7) is 6.14. The predicted octanol–water partition coefficient (Wildman–Crippen LogP) is 3.34. The Kier molecular flexibility index (Phi) is 3.16. The van der Waals surface area contributed by atoms with Crippen LogP contribution in [0.4, 0.5) is 0 Å². The van der Waals surface area contributed by atoms with E-state index >= 15 is 0 Å². The van der Waals surface area contributed by atoms with Gasteiger partial charge in [-0.1, -0.05) is 33.1 Å². The molecule has 1 N–H and O–H groups in total. The van der Waals surface area contributed by atoms with Crippen molar-refractivity contribution in [2.75, 3.05) is 6.54 Å². The van der Waals surface area contributed by atoms with Crippen molar-refractivity contribution in [1.82, 2.24) is 5.32 Å². The minimum absolute atomic E-state index is 0.534. The van der Waals surface area contributed by atoms with E-state index in [1.165, 1.54) is 51.5 Å². The molecule has 2 saturated carbocycles. The lowest BCUT2D eigenvalue weighted by atomic mass is 9.77. The molecule has 0 aromatic rings. The van der Waals surface area contributed by atoms with Crippen LogP contribution < -0.4 is 5.32 Å². The second-order valence-electron chi connectivity index (χ2n) is 5.98. The molecule has 0 unspecified atom stereocenters. The van der Waals surface area contributed by atoms with Gasteiger partial charge in [0.1, 0.15) is 0 Å². The molecule has 0 heterocycles. The summed E-state index contributed by atoms with van der Waals surface area (Å²) in [6, 6.07) is 0.857. The van der Waals surface area contributed by atoms with Crippen LogP contribution in [-0.2, 0) is 0 Å². The van der Waals surface area contributed by atoms with Crippen LogP contribution >= 0.6 is 0 Å². The molecule has 0 aromatic heterocycles. The highest BCUT2D eigenvalue weighted by Crippen LogP contribution is 2.39. The average Bonchev–Trinajstić information content (AvgIpc) is 2.52. The third-order valence-corrected chi connectivity index (χ3v) is 4.41. The monoisotopic (exact) mass is 195 g/mol. The molecule has 0 bridgehead atoms. The Labute approximate surface area is 88.7 Å². The molecule has 0 spiro atoms. The van der Waals surface area contributed by atoms with Gasteiger partial charge in [0, 0.05) is 12.6 Å². The summed E-state index contributed by atoms with van der Waals surface area (Å²) in [5, 5.41) is 3.74. The summed E-state index contributed by atoms with van der Waals surface area (Å²) in [6.07, 6.45) is 10.2. The fraction of sp³-hybridized carbons (Fsp3) is 1.00. The largest absolute Gasteiger partial charge is 0.313 e. The fourth-order valence-corrected chi connectivity index (χ4v) is 2.87. The molecule has 0 saturated heterocycles. The topological polar surface area (TPSA) is 12.0 Å². The van der Waals surface area contributed by atoms with Crippen molar-refractivity contribution in [2.45, 2.75) is 64.8 Å². The summed E-state index contributed by atoms with van der Waals surface area (Å²) in [7, 11) is 0. The van der Waals surface area contributed by atoms with Crippen LogP contribution in [0.2, 0.25) is 0 Å². The van der Waals surface area contributed by atoms with E-state index in [1.54, 1.807) is 0 Å². The number of rotatable bonds is 4. The van der Waals surface area contributed by atoms with Gasteiger partial charge < -0.3 is 5.32 Å². The van der Waals surface area contributed by atoms with Gasteiger partial charge in [-0.2, -0.15) is 0 Å². The Morgan fingerprint density at radius 2 is 1.64 bits per heavy atom. The smallest absolute Gasteiger partial charge is 0.00673 e. The van der Waals surface area contributed by atoms with Gasteiger partial charge in [0.05, 0.1) is 0 Å². The average molecular weight is 195 g/mol. The van der Waals surface area contributed by atoms with E-state index in [0.29, 0.717) is 5.41 Å². The lowest BCUT2D eigenvalue weighted by molar-refractivity contribution is 0.185. The van der Waals surface area contributed by atoms with Gasteiger partial charge in [0.15, 0.2) is 0 Å². The van der Waals surface area contributed by atoms with Crippen molar-refractivity contribution in [1.29, 1.82) is 0 Å². The number of hydrogen-bond acceptors (Lipinski definition) is 1. The van der Waals surface area contributed by atoms with Crippen molar-refractivity contribution in [3.63, 3.8) is 0 Å². The van der Waals surface area contributed by atoms with Gasteiger partial charge in [0.2, 0.25) is 0 Å². The second-order valence-corrected chi connectivity index (χ2v) is 5.98. The quantitative estimate of drug-likeness (QED) is 0.725. The van der Waals surface area contributed by atoms with Crippen LogP contribution in [0.5, 0.6) is 0 Å². The third-order valence-electron chi connectivity index (χ3n) is 4.41. The maximum Gasteiger partial charge on any atom is 0.00673 e. The molecule has 0 radical (unpaired) electrons. The highest BCUT2D eigenvalue weighted by molar-refractivity contribution is 4.86. The maximum atomic E-state index is 3.74. The SMILES string of the molecule is CC(C)(CNC1CCC1)C1CCCC1. The van der Waals surface area contributed by atoms with Gasteiger partial charge >= 0.3 is 0 Å². The molecule has 82 valence electrons. The van der Waals surface area contributed by atoms with Crippen molar-refractivity contribution >= 4 is 0 Å². The van der Waals surface area contributed by atoms with Crippen molar-refractivity contribution in [3.8, 4) is 0 Å². The molecular weight excluding hydrogens is 170 g/mol. The second kappa shape index (κ2) is 4.22. The van der Waals surface area contributed by atoms with E-state index in [1.807, 2.05) is 0 Å². The summed E-state index contributed by atoms with van der Waals surface area (Å²) in [4.78, 5) is 0. The zero-order valence-corrected chi connectivity index (χ0v) is 9.81. The number of hydrogen-bond donors (Lipinski definition) is 1. The predicted molar refractivity (Wildman–Crippen MR) is 61.4 cm³/mol. The summed E-state index contributed by atoms with van der Waals surface area (Å²) >= 11 is 0. The van der Waals surface area contributed by atoms with Crippen molar-refractivity contribution in [3.05, 3.63) is 0 Å². The Hall–Kier alpha value is -0.0400. The molecule has 2 aliphatic rings. The Morgan fingerprint density at radius 1 is 1.00 bits per heavy atom. The van der Waals surface area contributed by atoms with E-state index in [-0.39, 0.29) is 0 Å². The minimum atomic E-state index is 0.534. The van der Waals surface area contributed by atoms with E-state index in [9.17, 15) is 0 Å². The first-order valence-electron chi connectivity index (χ1n) is 6.42. The minimum Gasteiger partial charge on any atom is -0.313 e. The third kappa shape index (κ3) is 2.31. The summed E-state index contributed by atoms with van der Waals surface area (Å²) in [5.74, 6) is 0.982. The first kappa shape index (κ1) is 10.5. The summed E-state index contributed by atoms with van der Waals surface area (Å²) in [5.41, 5.74) is 0.534. The van der Waals surface area contributed by atoms with E-state index in [0.717, 1.165) is 12.0 Å². The van der Waals surface area contributed by atoms with Gasteiger partial charge in [-0.15, -0.1) is 0 Å². The first-order chi connectivity index (χ1) is 6.68. The molecule has 2 fully saturated rings. The van der Waals surface area contributed by atoms with Crippen LogP contribution in [0, 0.1) is 11.3 Å². The molecule has 0 aromatic carbocycles. The van der Waals surface area contributed by atoms with Crippen LogP contribution in [0.3, 0.4) is 0 Å². The summed E-state index contributed by atoms with van der Waals surface area (Å²) < 4.78 is 0. The Morgan fingerprint density at radius 3 is 2.14 bits per heavy atom. The van der Waals surface area contributed by atoms with E-state index < -0.39 is 0 Å². The molecule has 2 rings (SSSR count). The van der Waals surface area contributed by atoms with Crippen molar-refractivity contribution in [2.24, 2.45) is 11.3 Å². The van der Waals surface area contributed by atoms with Crippen LogP contribution in [0.25, 0.3) is 0 Å². The first-order valence-corrected chi connectivity index (χ1v) is 6.42. The van der Waals surface area contributed by atoms with Gasteiger partial charge in [0.25, 0.3) is 0 Å². The zero-order valence-electron chi connectivity index (χ0n) is 9.81. The lowest BCUT2D eigenvalue weighted by Crippen LogP contribution is -2.43. The molecule has 2 aliphatic carbocycles. The molecule has 0 aliphatic heterocycles. The molecule has 0 amide bonds. The van der Waals surface area contributed by atoms with E-state index in [2.05, 4.69) is 19.2 Å². The Balaban J connectivity index is 1.75. The van der Waals surface area contributed by atoms with Gasteiger partial charge in [-0.25, -0.2) is 0 Å². The highest BCUT2D eigenvalue weighted by atomic mass is 14.9. The normalized spacial score (nSPS) is 25.3. The maximum absolute atomic E-state index is 3.74. The molecular formula is C13H25N. The molecule has 0 atom stereocenters. The van der Waals surface area contributed by atoms with Gasteiger partial charge in [-0.3, -0.25) is 0 Å². The number of nitrogens with one attached hydrogen (secondary N) is 1. The van der Waals surface area contributed by atoms with Crippen LogP contribution in [0.1, 0.15) is 58.8 Å². The highest BCUT2D eigenvalue weighted by Gasteiger charge is 2.32. The fourth-order valence-electron chi connectivity index (χ4n) is 2.87. The van der Waals surface area contributed by atoms with Crippen molar-refractivity contribution < 1.29 is 0 Å². The van der Waals surface area contributed by atoms with Crippen LogP contribution in [0.15, 0.2) is 0 Å². The van der Waals surface area contributed by atoms with Crippen LogP contribution in [-0.4, -0.2) is 12.6 Å². The zero-order chi connectivity index (χ0) is 10.0. The molecule has 14 heavy (non-hydrogen) atoms. The molecule has 1 nitrogen and oxygen atoms in total. The van der Waals surface area contributed by atoms with Gasteiger partial charge in [-0.05, 0) is 37.0 Å². The standard InChI is InChI=1S/C13H25N/c1-13(2,11-6-3-4-7-11)10-14-12-8-5-9-12/h11-12,14H,3-10H2,1-2H3.